The molecule has 5 heteroatoms. The van der Waals surface area contributed by atoms with Crippen LogP contribution in [0.3, 0.4) is 0 Å². The second-order valence-corrected chi connectivity index (χ2v) is 1.60. The number of rotatable bonds is 2. The molecule has 9 heavy (non-hydrogen) atoms. The molecule has 0 aromatic carbocycles. The van der Waals surface area contributed by atoms with Crippen LogP contribution in [0.1, 0.15) is 6.92 Å². The summed E-state index contributed by atoms with van der Waals surface area (Å²) in [6, 6.07) is 0. The zero-order chi connectivity index (χ0) is 6.69. The monoisotopic (exact) mass is 148 g/mol. The molecule has 1 rings (SSSR count). The van der Waals surface area contributed by atoms with Gasteiger partial charge in [-0.05, 0) is 23.7 Å². The van der Waals surface area contributed by atoms with Crippen molar-refractivity contribution < 1.29 is 9.26 Å². The van der Waals surface area contributed by atoms with Crippen LogP contribution in [0.5, 0.6) is 6.08 Å². The van der Waals surface area contributed by atoms with E-state index in [1.807, 2.05) is 6.92 Å². The molecule has 0 aliphatic carbocycles. The van der Waals surface area contributed by atoms with Crippen LogP contribution in [0.25, 0.3) is 0 Å². The third-order valence-corrected chi connectivity index (χ3v) is 0.804. The second kappa shape index (κ2) is 2.68. The highest BCUT2D eigenvalue weighted by atomic mass is 35.5. The molecule has 0 bridgehead atoms. The molecule has 0 aliphatic rings. The van der Waals surface area contributed by atoms with Crippen molar-refractivity contribution in [3.63, 3.8) is 0 Å². The topological polar surface area (TPSA) is 48.2 Å². The normalized spacial score (nSPS) is 9.56. The SMILES string of the molecule is CCOc1nc(Cl)no1. The van der Waals surface area contributed by atoms with E-state index in [1.54, 1.807) is 0 Å². The molecule has 0 saturated carbocycles. The maximum Gasteiger partial charge on any atom is 0.418 e. The van der Waals surface area contributed by atoms with Gasteiger partial charge in [0.05, 0.1) is 6.61 Å². The predicted molar refractivity (Wildman–Crippen MR) is 30.5 cm³/mol. The van der Waals surface area contributed by atoms with Gasteiger partial charge in [0.25, 0.3) is 5.28 Å². The molecule has 0 unspecified atom stereocenters. The van der Waals surface area contributed by atoms with E-state index in [1.165, 1.54) is 0 Å². The highest BCUT2D eigenvalue weighted by Gasteiger charge is 2.01. The lowest BCUT2D eigenvalue weighted by atomic mass is 10.9. The van der Waals surface area contributed by atoms with Crippen LogP contribution in [0.2, 0.25) is 5.28 Å². The van der Waals surface area contributed by atoms with Gasteiger partial charge in [-0.2, -0.15) is 0 Å². The fourth-order valence-corrected chi connectivity index (χ4v) is 0.478. The predicted octanol–water partition coefficient (Wildman–Crippen LogP) is 1.12. The lowest BCUT2D eigenvalue weighted by molar-refractivity contribution is 0.215. The average Bonchev–Trinajstić information content (AvgIpc) is 2.17. The Hall–Kier alpha value is -0.770. The van der Waals surface area contributed by atoms with E-state index in [4.69, 9.17) is 16.3 Å². The van der Waals surface area contributed by atoms with Crippen molar-refractivity contribution in [1.82, 2.24) is 10.1 Å². The number of hydrogen-bond acceptors (Lipinski definition) is 4. The molecule has 0 fully saturated rings. The summed E-state index contributed by atoms with van der Waals surface area (Å²) in [5, 5.41) is 3.36. The minimum absolute atomic E-state index is 0.0680. The Balaban J connectivity index is 2.61. The van der Waals surface area contributed by atoms with Crippen molar-refractivity contribution in [3.05, 3.63) is 5.28 Å². The molecule has 1 heterocycles. The molecular weight excluding hydrogens is 144 g/mol. The smallest absolute Gasteiger partial charge is 0.418 e. The molecule has 1 aromatic heterocycles. The average molecular weight is 149 g/mol. The Morgan fingerprint density at radius 2 is 2.56 bits per heavy atom. The van der Waals surface area contributed by atoms with Gasteiger partial charge in [0, 0.05) is 0 Å². The van der Waals surface area contributed by atoms with Crippen LogP contribution < -0.4 is 4.74 Å². The first-order valence-corrected chi connectivity index (χ1v) is 2.82. The van der Waals surface area contributed by atoms with Gasteiger partial charge in [0.2, 0.25) is 0 Å². The van der Waals surface area contributed by atoms with Crippen molar-refractivity contribution >= 4 is 11.6 Å². The van der Waals surface area contributed by atoms with Gasteiger partial charge >= 0.3 is 6.08 Å². The highest BCUT2D eigenvalue weighted by molar-refractivity contribution is 6.28. The summed E-state index contributed by atoms with van der Waals surface area (Å²) in [4.78, 5) is 3.57. The zero-order valence-corrected chi connectivity index (χ0v) is 5.55. The first-order chi connectivity index (χ1) is 4.33. The standard InChI is InChI=1S/C4H5ClN2O2/c1-2-8-4-6-3(5)7-9-4/h2H2,1H3. The molecule has 0 amide bonds. The van der Waals surface area contributed by atoms with Gasteiger partial charge in [-0.3, -0.25) is 4.52 Å². The first kappa shape index (κ1) is 6.35. The fraction of sp³-hybridized carbons (Fsp3) is 0.500. The molecule has 0 aliphatic heterocycles. The van der Waals surface area contributed by atoms with Gasteiger partial charge in [0.15, 0.2) is 0 Å². The van der Waals surface area contributed by atoms with Crippen molar-refractivity contribution in [3.8, 4) is 6.08 Å². The Morgan fingerprint density at radius 1 is 1.78 bits per heavy atom. The summed E-state index contributed by atoms with van der Waals surface area (Å²) in [6.45, 7) is 2.32. The van der Waals surface area contributed by atoms with Crippen LogP contribution in [-0.4, -0.2) is 16.7 Å². The minimum Gasteiger partial charge on any atom is -0.449 e. The summed E-state index contributed by atoms with van der Waals surface area (Å²) in [6.07, 6.45) is 0.113. The minimum atomic E-state index is 0.0680. The first-order valence-electron chi connectivity index (χ1n) is 2.45. The quantitative estimate of drug-likeness (QED) is 0.631. The third kappa shape index (κ3) is 1.57. The van der Waals surface area contributed by atoms with Crippen LogP contribution in [-0.2, 0) is 0 Å². The molecule has 0 spiro atoms. The fourth-order valence-electron chi connectivity index (χ4n) is 0.375. The van der Waals surface area contributed by atoms with Crippen molar-refractivity contribution in [2.24, 2.45) is 0 Å². The largest absolute Gasteiger partial charge is 0.449 e. The van der Waals surface area contributed by atoms with E-state index in [0.29, 0.717) is 6.61 Å². The Bertz CT molecular complexity index is 188. The van der Waals surface area contributed by atoms with Crippen molar-refractivity contribution in [1.29, 1.82) is 0 Å². The van der Waals surface area contributed by atoms with E-state index >= 15 is 0 Å². The van der Waals surface area contributed by atoms with E-state index in [9.17, 15) is 0 Å². The molecule has 1 aromatic rings. The summed E-state index contributed by atoms with van der Waals surface area (Å²) in [5.74, 6) is 0. The lowest BCUT2D eigenvalue weighted by Crippen LogP contribution is -1.90. The third-order valence-electron chi connectivity index (χ3n) is 0.650. The van der Waals surface area contributed by atoms with Crippen LogP contribution in [0.4, 0.5) is 0 Å². The van der Waals surface area contributed by atoms with Crippen molar-refractivity contribution in [2.45, 2.75) is 6.92 Å². The Labute approximate surface area is 56.8 Å². The summed E-state index contributed by atoms with van der Waals surface area (Å²) < 4.78 is 9.29. The van der Waals surface area contributed by atoms with E-state index in [-0.39, 0.29) is 11.4 Å². The Morgan fingerprint density at radius 3 is 3.00 bits per heavy atom. The van der Waals surface area contributed by atoms with Crippen molar-refractivity contribution in [2.75, 3.05) is 6.61 Å². The maximum atomic E-state index is 5.30. The number of hydrogen-bond donors (Lipinski definition) is 0. The Kier molecular flexibility index (Phi) is 1.89. The lowest BCUT2D eigenvalue weighted by Gasteiger charge is -1.88. The molecule has 0 N–H and O–H groups in total. The highest BCUT2D eigenvalue weighted by Crippen LogP contribution is 2.08. The molecule has 0 radical (unpaired) electrons. The molecule has 50 valence electrons. The van der Waals surface area contributed by atoms with Gasteiger partial charge in [-0.15, -0.1) is 4.98 Å². The molecule has 0 saturated heterocycles. The number of nitrogens with zero attached hydrogens (tertiary/aromatic N) is 2. The molecular formula is C4H5ClN2O2. The van der Waals surface area contributed by atoms with Crippen LogP contribution in [0, 0.1) is 0 Å². The van der Waals surface area contributed by atoms with Gasteiger partial charge in [0.1, 0.15) is 0 Å². The van der Waals surface area contributed by atoms with E-state index in [2.05, 4.69) is 14.7 Å². The number of halogens is 1. The summed E-state index contributed by atoms with van der Waals surface area (Å²) in [7, 11) is 0. The molecule has 0 atom stereocenters. The van der Waals surface area contributed by atoms with Crippen LogP contribution in [0.15, 0.2) is 4.52 Å². The van der Waals surface area contributed by atoms with Gasteiger partial charge in [-0.1, -0.05) is 0 Å². The van der Waals surface area contributed by atoms with E-state index in [0.717, 1.165) is 0 Å². The number of ether oxygens (including phenoxy) is 1. The second-order valence-electron chi connectivity index (χ2n) is 1.26. The van der Waals surface area contributed by atoms with E-state index < -0.39 is 0 Å². The maximum absolute atomic E-state index is 5.30. The van der Waals surface area contributed by atoms with Crippen LogP contribution >= 0.6 is 11.6 Å². The summed E-state index contributed by atoms with van der Waals surface area (Å²) >= 11 is 5.30. The molecule has 4 nitrogen and oxygen atoms in total. The van der Waals surface area contributed by atoms with Gasteiger partial charge in [-0.25, -0.2) is 0 Å². The zero-order valence-electron chi connectivity index (χ0n) is 4.80. The number of aromatic nitrogens is 2. The summed E-state index contributed by atoms with van der Waals surface area (Å²) in [5.41, 5.74) is 0. The van der Waals surface area contributed by atoms with Gasteiger partial charge < -0.3 is 4.74 Å².